The third-order valence-corrected chi connectivity index (χ3v) is 6.71. The summed E-state index contributed by atoms with van der Waals surface area (Å²) in [6, 6.07) is 9.61. The third-order valence-electron chi connectivity index (χ3n) is 4.50. The topological polar surface area (TPSA) is 61.2 Å². The predicted octanol–water partition coefficient (Wildman–Crippen LogP) is 4.76. The molecule has 2 aromatic carbocycles. The van der Waals surface area contributed by atoms with Crippen molar-refractivity contribution in [3.63, 3.8) is 0 Å². The smallest absolute Gasteiger partial charge is 0.207 e. The van der Waals surface area contributed by atoms with E-state index in [2.05, 4.69) is 0 Å². The fourth-order valence-electron chi connectivity index (χ4n) is 3.27. The number of benzene rings is 2. The second-order valence-electron chi connectivity index (χ2n) is 6.11. The van der Waals surface area contributed by atoms with Crippen LogP contribution in [-0.4, -0.2) is 19.3 Å². The van der Waals surface area contributed by atoms with Gasteiger partial charge in [-0.25, -0.2) is 8.42 Å². The summed E-state index contributed by atoms with van der Waals surface area (Å²) >= 11 is 5.93. The number of nitrogens with zero attached hydrogens (tertiary/aromatic N) is 2. The Morgan fingerprint density at radius 3 is 2.52 bits per heavy atom. The molecular formula is C18H14ClF3N2O2S. The number of rotatable bonds is 3. The van der Waals surface area contributed by atoms with Crippen LogP contribution < -0.4 is 0 Å². The van der Waals surface area contributed by atoms with E-state index in [1.807, 2.05) is 6.07 Å². The average molecular weight is 415 g/mol. The van der Waals surface area contributed by atoms with Gasteiger partial charge in [0.2, 0.25) is 10.0 Å². The van der Waals surface area contributed by atoms with Gasteiger partial charge in [-0.2, -0.15) is 22.7 Å². The van der Waals surface area contributed by atoms with Crippen molar-refractivity contribution in [1.29, 1.82) is 5.26 Å². The molecule has 0 amide bonds. The fraction of sp³-hybridized carbons (Fsp3) is 0.278. The van der Waals surface area contributed by atoms with Gasteiger partial charge in [-0.3, -0.25) is 0 Å². The van der Waals surface area contributed by atoms with Crippen LogP contribution in [0.3, 0.4) is 0 Å². The summed E-state index contributed by atoms with van der Waals surface area (Å²) in [7, 11) is -4.07. The van der Waals surface area contributed by atoms with Gasteiger partial charge < -0.3 is 0 Å². The largest absolute Gasteiger partial charge is 0.416 e. The highest BCUT2D eigenvalue weighted by Gasteiger charge is 2.41. The maximum Gasteiger partial charge on any atom is 0.416 e. The normalized spacial score (nSPS) is 18.4. The molecule has 2 aromatic rings. The van der Waals surface area contributed by atoms with Crippen LogP contribution in [0.1, 0.15) is 35.6 Å². The molecule has 142 valence electrons. The highest BCUT2D eigenvalue weighted by Crippen LogP contribution is 2.42. The molecular weight excluding hydrogens is 401 g/mol. The van der Waals surface area contributed by atoms with Crippen LogP contribution in [0.25, 0.3) is 0 Å². The van der Waals surface area contributed by atoms with Crippen molar-refractivity contribution in [3.05, 3.63) is 64.2 Å². The summed E-state index contributed by atoms with van der Waals surface area (Å²) in [5.74, 6) is 0. The van der Waals surface area contributed by atoms with Crippen molar-refractivity contribution in [3.8, 4) is 6.07 Å². The Morgan fingerprint density at radius 1 is 1.19 bits per heavy atom. The Balaban J connectivity index is 2.05. The molecule has 0 bridgehead atoms. The average Bonchev–Trinajstić information content (AvgIpc) is 3.11. The molecule has 0 saturated carbocycles. The maximum atomic E-state index is 13.4. The van der Waals surface area contributed by atoms with Gasteiger partial charge in [-0.1, -0.05) is 29.8 Å². The van der Waals surface area contributed by atoms with E-state index in [1.165, 1.54) is 30.3 Å². The molecule has 0 radical (unpaired) electrons. The number of halogens is 4. The molecule has 1 aliphatic heterocycles. The fourth-order valence-corrected chi connectivity index (χ4v) is 5.26. The minimum absolute atomic E-state index is 0.0231. The zero-order valence-electron chi connectivity index (χ0n) is 13.9. The van der Waals surface area contributed by atoms with Crippen LogP contribution >= 0.6 is 11.6 Å². The minimum atomic E-state index is -4.58. The lowest BCUT2D eigenvalue weighted by Gasteiger charge is -2.26. The lowest BCUT2D eigenvalue weighted by atomic mass is 9.99. The van der Waals surface area contributed by atoms with Crippen molar-refractivity contribution >= 4 is 21.6 Å². The van der Waals surface area contributed by atoms with E-state index in [1.54, 1.807) is 0 Å². The van der Waals surface area contributed by atoms with Crippen molar-refractivity contribution in [1.82, 2.24) is 4.31 Å². The van der Waals surface area contributed by atoms with E-state index in [-0.39, 0.29) is 34.0 Å². The summed E-state index contributed by atoms with van der Waals surface area (Å²) in [6.45, 7) is 0.108. The summed E-state index contributed by atoms with van der Waals surface area (Å²) in [5.41, 5.74) is -0.781. The Morgan fingerprint density at radius 2 is 1.89 bits per heavy atom. The Hall–Kier alpha value is -2.08. The Kier molecular flexibility index (Phi) is 5.21. The van der Waals surface area contributed by atoms with Gasteiger partial charge in [-0.05, 0) is 42.7 Å². The zero-order chi connectivity index (χ0) is 19.8. The van der Waals surface area contributed by atoms with Crippen LogP contribution in [0.5, 0.6) is 0 Å². The number of hydrogen-bond acceptors (Lipinski definition) is 3. The van der Waals surface area contributed by atoms with Crippen LogP contribution in [-0.2, 0) is 16.2 Å². The summed E-state index contributed by atoms with van der Waals surface area (Å²) in [6.07, 6.45) is -3.84. The molecule has 4 nitrogen and oxygen atoms in total. The molecule has 0 N–H and O–H groups in total. The molecule has 1 heterocycles. The first kappa shape index (κ1) is 19.7. The van der Waals surface area contributed by atoms with Crippen molar-refractivity contribution < 1.29 is 21.6 Å². The Labute approximate surface area is 159 Å². The number of sulfonamides is 1. The standard InChI is InChI=1S/C18H14ClF3N2O2S/c19-16-10-13(8-7-12(16)11-23)27(25,26)24-9-3-6-17(24)14-4-1-2-5-15(14)18(20,21)22/h1-2,4-5,7-8,10,17H,3,6,9H2. The maximum absolute atomic E-state index is 13.4. The second-order valence-corrected chi connectivity index (χ2v) is 8.41. The molecule has 3 rings (SSSR count). The van der Waals surface area contributed by atoms with Crippen LogP contribution in [0.15, 0.2) is 47.4 Å². The van der Waals surface area contributed by atoms with Gasteiger partial charge in [0.1, 0.15) is 6.07 Å². The van der Waals surface area contributed by atoms with E-state index < -0.39 is 27.8 Å². The van der Waals surface area contributed by atoms with E-state index in [0.29, 0.717) is 6.42 Å². The third kappa shape index (κ3) is 3.68. The van der Waals surface area contributed by atoms with Crippen molar-refractivity contribution in [2.45, 2.75) is 30.0 Å². The Bertz CT molecular complexity index is 1020. The molecule has 0 aliphatic carbocycles. The van der Waals surface area contributed by atoms with Gasteiger partial charge >= 0.3 is 6.18 Å². The predicted molar refractivity (Wildman–Crippen MR) is 93.5 cm³/mol. The zero-order valence-corrected chi connectivity index (χ0v) is 15.4. The number of alkyl halides is 3. The van der Waals surface area contributed by atoms with Crippen molar-refractivity contribution in [2.24, 2.45) is 0 Å². The molecule has 1 saturated heterocycles. The molecule has 0 aromatic heterocycles. The highest BCUT2D eigenvalue weighted by molar-refractivity contribution is 7.89. The first-order valence-electron chi connectivity index (χ1n) is 8.04. The lowest BCUT2D eigenvalue weighted by Crippen LogP contribution is -2.31. The van der Waals surface area contributed by atoms with E-state index >= 15 is 0 Å². The highest BCUT2D eigenvalue weighted by atomic mass is 35.5. The summed E-state index contributed by atoms with van der Waals surface area (Å²) in [4.78, 5) is -0.150. The van der Waals surface area contributed by atoms with Gasteiger partial charge in [0, 0.05) is 6.54 Å². The molecule has 1 atom stereocenters. The monoisotopic (exact) mass is 414 g/mol. The molecule has 27 heavy (non-hydrogen) atoms. The molecule has 1 unspecified atom stereocenters. The lowest BCUT2D eigenvalue weighted by molar-refractivity contribution is -0.138. The van der Waals surface area contributed by atoms with Crippen LogP contribution in [0.2, 0.25) is 5.02 Å². The molecule has 1 fully saturated rings. The SMILES string of the molecule is N#Cc1ccc(S(=O)(=O)N2CCCC2c2ccccc2C(F)(F)F)cc1Cl. The molecule has 9 heteroatoms. The molecule has 0 spiro atoms. The van der Waals surface area contributed by atoms with Crippen LogP contribution in [0, 0.1) is 11.3 Å². The van der Waals surface area contributed by atoms with Crippen molar-refractivity contribution in [2.75, 3.05) is 6.54 Å². The first-order chi connectivity index (χ1) is 12.7. The van der Waals surface area contributed by atoms with Gasteiger partial charge in [0.15, 0.2) is 0 Å². The number of nitriles is 1. The van der Waals surface area contributed by atoms with Crippen LogP contribution in [0.4, 0.5) is 13.2 Å². The van der Waals surface area contributed by atoms with Gasteiger partial charge in [-0.15, -0.1) is 0 Å². The number of hydrogen-bond donors (Lipinski definition) is 0. The van der Waals surface area contributed by atoms with E-state index in [9.17, 15) is 21.6 Å². The first-order valence-corrected chi connectivity index (χ1v) is 9.85. The van der Waals surface area contributed by atoms with Gasteiger partial charge in [0.05, 0.1) is 27.1 Å². The van der Waals surface area contributed by atoms with E-state index in [0.717, 1.165) is 16.4 Å². The van der Waals surface area contributed by atoms with E-state index in [4.69, 9.17) is 16.9 Å². The van der Waals surface area contributed by atoms with Gasteiger partial charge in [0.25, 0.3) is 0 Å². The summed E-state index contributed by atoms with van der Waals surface area (Å²) < 4.78 is 67.3. The second kappa shape index (κ2) is 7.15. The molecule has 1 aliphatic rings. The summed E-state index contributed by atoms with van der Waals surface area (Å²) in [5, 5.41) is 8.90. The minimum Gasteiger partial charge on any atom is -0.207 e. The quantitative estimate of drug-likeness (QED) is 0.727.